The largest absolute Gasteiger partial charge is 0.489 e. The Labute approximate surface area is 182 Å². The van der Waals surface area contributed by atoms with Gasteiger partial charge >= 0.3 is 0 Å². The summed E-state index contributed by atoms with van der Waals surface area (Å²) in [5.74, 6) is 0.730. The Morgan fingerprint density at radius 2 is 2.10 bits per heavy atom. The van der Waals surface area contributed by atoms with Crippen LogP contribution in [0, 0.1) is 13.8 Å². The molecule has 0 unspecified atom stereocenters. The average molecular weight is 446 g/mol. The molecule has 0 atom stereocenters. The second kappa shape index (κ2) is 8.20. The molecule has 4 rings (SSSR count). The van der Waals surface area contributed by atoms with Crippen molar-refractivity contribution in [3.05, 3.63) is 56.9 Å². The topological polar surface area (TPSA) is 85.5 Å². The number of thiazole rings is 1. The van der Waals surface area contributed by atoms with Gasteiger partial charge in [-0.2, -0.15) is 0 Å². The monoisotopic (exact) mass is 445 g/mol. The van der Waals surface area contributed by atoms with Crippen LogP contribution in [0.1, 0.15) is 56.9 Å². The molecule has 9 heteroatoms. The lowest BCUT2D eigenvalue weighted by Gasteiger charge is -2.18. The lowest BCUT2D eigenvalue weighted by Crippen LogP contribution is -2.34. The first-order chi connectivity index (χ1) is 14.3. The number of aryl methyl sites for hydroxylation is 2. The van der Waals surface area contributed by atoms with E-state index in [4.69, 9.17) is 20.9 Å². The Morgan fingerprint density at radius 3 is 2.73 bits per heavy atom. The second-order valence-corrected chi connectivity index (χ2v) is 8.60. The maximum Gasteiger partial charge on any atom is 0.282 e. The number of ether oxygens (including phenoxy) is 1. The van der Waals surface area contributed by atoms with E-state index in [1.54, 1.807) is 43.0 Å². The Bertz CT molecular complexity index is 1120. The zero-order valence-electron chi connectivity index (χ0n) is 16.8. The molecule has 0 saturated heterocycles. The molecule has 1 aliphatic rings. The van der Waals surface area contributed by atoms with Crippen LogP contribution < -0.4 is 9.64 Å². The molecule has 0 spiro atoms. The van der Waals surface area contributed by atoms with E-state index < -0.39 is 0 Å². The highest BCUT2D eigenvalue weighted by atomic mass is 35.5. The highest BCUT2D eigenvalue weighted by Gasteiger charge is 2.39. The quantitative estimate of drug-likeness (QED) is 0.476. The van der Waals surface area contributed by atoms with E-state index >= 15 is 0 Å². The first-order valence-corrected chi connectivity index (χ1v) is 10.7. The third-order valence-electron chi connectivity index (χ3n) is 4.81. The van der Waals surface area contributed by atoms with Crippen molar-refractivity contribution in [2.45, 2.75) is 46.3 Å². The van der Waals surface area contributed by atoms with Gasteiger partial charge in [0.05, 0.1) is 16.1 Å². The summed E-state index contributed by atoms with van der Waals surface area (Å²) in [4.78, 5) is 31.9. The number of amides is 1. The number of carbonyl (C=O) groups is 2. The first-order valence-electron chi connectivity index (χ1n) is 9.50. The number of hydrogen-bond donors (Lipinski definition) is 0. The fraction of sp³-hybridized carbons (Fsp3) is 0.333. The molecule has 1 amide bonds. The van der Waals surface area contributed by atoms with Gasteiger partial charge in [-0.1, -0.05) is 34.2 Å². The van der Waals surface area contributed by atoms with Gasteiger partial charge in [0, 0.05) is 18.0 Å². The van der Waals surface area contributed by atoms with Crippen LogP contribution >= 0.6 is 22.9 Å². The van der Waals surface area contributed by atoms with E-state index in [0.717, 1.165) is 12.8 Å². The number of benzene rings is 1. The van der Waals surface area contributed by atoms with Crippen molar-refractivity contribution in [2.24, 2.45) is 0 Å². The normalized spacial score (nSPS) is 13.3. The van der Waals surface area contributed by atoms with Crippen molar-refractivity contribution < 1.29 is 18.8 Å². The van der Waals surface area contributed by atoms with Crippen molar-refractivity contribution >= 4 is 39.8 Å². The van der Waals surface area contributed by atoms with Crippen LogP contribution in [0.3, 0.4) is 0 Å². The predicted molar refractivity (Wildman–Crippen MR) is 114 cm³/mol. The number of anilines is 1. The third-order valence-corrected chi connectivity index (χ3v) is 6.30. The molecule has 2 heterocycles. The third kappa shape index (κ3) is 4.11. The minimum absolute atomic E-state index is 0.0431. The zero-order valence-corrected chi connectivity index (χ0v) is 18.3. The zero-order chi connectivity index (χ0) is 21.4. The molecule has 1 saturated carbocycles. The van der Waals surface area contributed by atoms with Crippen LogP contribution in [0.5, 0.6) is 5.75 Å². The van der Waals surface area contributed by atoms with Gasteiger partial charge in [-0.3, -0.25) is 14.5 Å². The Kier molecular flexibility index (Phi) is 5.62. The lowest BCUT2D eigenvalue weighted by atomic mass is 10.2. The van der Waals surface area contributed by atoms with Crippen LogP contribution in [-0.2, 0) is 6.61 Å². The predicted octanol–water partition coefficient (Wildman–Crippen LogP) is 4.99. The Morgan fingerprint density at radius 1 is 1.33 bits per heavy atom. The average Bonchev–Trinajstić information content (AvgIpc) is 3.34. The fourth-order valence-corrected chi connectivity index (χ4v) is 4.32. The number of rotatable bonds is 7. The van der Waals surface area contributed by atoms with E-state index in [9.17, 15) is 9.59 Å². The summed E-state index contributed by atoms with van der Waals surface area (Å²) in [5.41, 5.74) is 1.39. The standard InChI is InChI=1S/C21H20ClN3O4S/c1-11-19(12(2)26)30-21(23-11)25(15-7-8-15)20(27)18-17(13(3)29-24-18)10-28-16-6-4-5-14(22)9-16/h4-6,9,15H,7-8,10H2,1-3H3. The van der Waals surface area contributed by atoms with Crippen molar-refractivity contribution in [1.29, 1.82) is 0 Å². The summed E-state index contributed by atoms with van der Waals surface area (Å²) >= 11 is 7.24. The highest BCUT2D eigenvalue weighted by Crippen LogP contribution is 2.37. The van der Waals surface area contributed by atoms with Gasteiger partial charge in [-0.25, -0.2) is 4.98 Å². The van der Waals surface area contributed by atoms with Crippen LogP contribution in [-0.4, -0.2) is 27.9 Å². The molecule has 0 aliphatic heterocycles. The summed E-state index contributed by atoms with van der Waals surface area (Å²) in [6, 6.07) is 7.07. The minimum atomic E-state index is -0.303. The fourth-order valence-electron chi connectivity index (χ4n) is 3.11. The Balaban J connectivity index is 1.62. The van der Waals surface area contributed by atoms with Crippen molar-refractivity contribution in [3.63, 3.8) is 0 Å². The number of nitrogens with zero attached hydrogens (tertiary/aromatic N) is 3. The number of hydrogen-bond acceptors (Lipinski definition) is 7. The molecule has 0 radical (unpaired) electrons. The smallest absolute Gasteiger partial charge is 0.282 e. The number of aromatic nitrogens is 2. The summed E-state index contributed by atoms with van der Waals surface area (Å²) in [6.07, 6.45) is 1.76. The molecule has 30 heavy (non-hydrogen) atoms. The van der Waals surface area contributed by atoms with Gasteiger partial charge in [0.15, 0.2) is 16.6 Å². The molecule has 7 nitrogen and oxygen atoms in total. The van der Waals surface area contributed by atoms with Gasteiger partial charge in [-0.15, -0.1) is 0 Å². The van der Waals surface area contributed by atoms with Crippen LogP contribution in [0.15, 0.2) is 28.8 Å². The maximum atomic E-state index is 13.4. The van der Waals surface area contributed by atoms with Gasteiger partial charge in [0.2, 0.25) is 0 Å². The highest BCUT2D eigenvalue weighted by molar-refractivity contribution is 7.17. The van der Waals surface area contributed by atoms with Crippen LogP contribution in [0.4, 0.5) is 5.13 Å². The van der Waals surface area contributed by atoms with Gasteiger partial charge < -0.3 is 9.26 Å². The van der Waals surface area contributed by atoms with Crippen molar-refractivity contribution in [3.8, 4) is 5.75 Å². The minimum Gasteiger partial charge on any atom is -0.489 e. The molecule has 156 valence electrons. The summed E-state index contributed by atoms with van der Waals surface area (Å²) in [7, 11) is 0. The van der Waals surface area contributed by atoms with Crippen LogP contribution in [0.25, 0.3) is 0 Å². The summed E-state index contributed by atoms with van der Waals surface area (Å²) in [5, 5.41) is 5.07. The molecule has 0 N–H and O–H groups in total. The second-order valence-electron chi connectivity index (χ2n) is 7.19. The lowest BCUT2D eigenvalue weighted by molar-refractivity contribution is 0.0972. The molecule has 1 fully saturated rings. The molecule has 1 aromatic carbocycles. The summed E-state index contributed by atoms with van der Waals surface area (Å²) in [6.45, 7) is 5.13. The number of Topliss-reactive ketones (excluding diaryl/α,β-unsaturated/α-hetero) is 1. The Hall–Kier alpha value is -2.71. The maximum absolute atomic E-state index is 13.4. The van der Waals surface area contributed by atoms with E-state index in [1.165, 1.54) is 18.3 Å². The molecule has 0 bridgehead atoms. The SMILES string of the molecule is CC(=O)c1sc(N(C(=O)c2noc(C)c2COc2cccc(Cl)c2)C2CC2)nc1C. The van der Waals surface area contributed by atoms with E-state index in [2.05, 4.69) is 10.1 Å². The molecular formula is C21H20ClN3O4S. The first kappa shape index (κ1) is 20.6. The van der Waals surface area contributed by atoms with Gasteiger partial charge in [0.25, 0.3) is 5.91 Å². The number of ketones is 1. The van der Waals surface area contributed by atoms with Gasteiger partial charge in [0.1, 0.15) is 18.1 Å². The van der Waals surface area contributed by atoms with Gasteiger partial charge in [-0.05, 0) is 44.9 Å². The van der Waals surface area contributed by atoms with Crippen molar-refractivity contribution in [1.82, 2.24) is 10.1 Å². The van der Waals surface area contributed by atoms with E-state index in [-0.39, 0.29) is 30.0 Å². The number of halogens is 1. The molecule has 1 aliphatic carbocycles. The van der Waals surface area contributed by atoms with E-state index in [1.807, 2.05) is 0 Å². The van der Waals surface area contributed by atoms with Crippen molar-refractivity contribution in [2.75, 3.05) is 4.90 Å². The molecule has 2 aromatic heterocycles. The molecule has 3 aromatic rings. The van der Waals surface area contributed by atoms with Crippen LogP contribution in [0.2, 0.25) is 5.02 Å². The number of carbonyl (C=O) groups excluding carboxylic acids is 2. The summed E-state index contributed by atoms with van der Waals surface area (Å²) < 4.78 is 11.1. The molecular weight excluding hydrogens is 426 g/mol. The van der Waals surface area contributed by atoms with E-state index in [0.29, 0.717) is 37.8 Å².